The molecule has 2 aromatic carbocycles. The minimum absolute atomic E-state index is 0.0232. The molecule has 160 valence electrons. The van der Waals surface area contributed by atoms with E-state index in [1.807, 2.05) is 6.08 Å². The van der Waals surface area contributed by atoms with Crippen LogP contribution in [0.1, 0.15) is 34.6 Å². The molecule has 7 nitrogen and oxygen atoms in total. The Balaban J connectivity index is 1.64. The molecule has 0 aliphatic carbocycles. The van der Waals surface area contributed by atoms with E-state index >= 15 is 0 Å². The normalized spacial score (nSPS) is 16.0. The molecule has 1 aliphatic heterocycles. The van der Waals surface area contributed by atoms with Crippen LogP contribution in [0.5, 0.6) is 0 Å². The van der Waals surface area contributed by atoms with Crippen molar-refractivity contribution in [3.8, 4) is 0 Å². The van der Waals surface area contributed by atoms with Crippen LogP contribution in [0.3, 0.4) is 0 Å². The standard InChI is InChI=1S/C22H20FN3O4S/c1-2-31(28,29)25-18-11-7-15(8-12-18)19-14-20(16-5-9-17(23)10-6-16)26(24-19)22(27)21-4-3-13-30-21/h3-14,20,24-25H,2H2,1H3. The van der Waals surface area contributed by atoms with Crippen LogP contribution in [-0.2, 0) is 10.0 Å². The Morgan fingerprint density at radius 1 is 1.13 bits per heavy atom. The van der Waals surface area contributed by atoms with E-state index in [1.165, 1.54) is 23.4 Å². The number of hydrogen-bond acceptors (Lipinski definition) is 5. The Bertz CT molecular complexity index is 1200. The maximum Gasteiger partial charge on any atom is 0.308 e. The van der Waals surface area contributed by atoms with Gasteiger partial charge in [-0.15, -0.1) is 0 Å². The Labute approximate surface area is 179 Å². The first-order valence-electron chi connectivity index (χ1n) is 9.58. The van der Waals surface area contributed by atoms with E-state index in [9.17, 15) is 17.6 Å². The molecule has 4 rings (SSSR count). The summed E-state index contributed by atoms with van der Waals surface area (Å²) in [4.78, 5) is 13.0. The number of hydrazine groups is 1. The smallest absolute Gasteiger partial charge is 0.308 e. The summed E-state index contributed by atoms with van der Waals surface area (Å²) >= 11 is 0. The topological polar surface area (TPSA) is 91.7 Å². The van der Waals surface area contributed by atoms with Gasteiger partial charge in [-0.3, -0.25) is 14.9 Å². The highest BCUT2D eigenvalue weighted by Crippen LogP contribution is 2.33. The monoisotopic (exact) mass is 441 g/mol. The highest BCUT2D eigenvalue weighted by atomic mass is 32.2. The van der Waals surface area contributed by atoms with Crippen LogP contribution in [0.4, 0.5) is 10.1 Å². The summed E-state index contributed by atoms with van der Waals surface area (Å²) in [7, 11) is -3.37. The molecule has 0 spiro atoms. The Morgan fingerprint density at radius 2 is 1.84 bits per heavy atom. The van der Waals surface area contributed by atoms with Gasteiger partial charge >= 0.3 is 5.91 Å². The quantitative estimate of drug-likeness (QED) is 0.605. The van der Waals surface area contributed by atoms with E-state index in [4.69, 9.17) is 4.42 Å². The molecule has 0 bridgehead atoms. The van der Waals surface area contributed by atoms with Crippen LogP contribution >= 0.6 is 0 Å². The number of halogens is 1. The summed E-state index contributed by atoms with van der Waals surface area (Å²) in [5.74, 6) is -0.602. The summed E-state index contributed by atoms with van der Waals surface area (Å²) in [6, 6.07) is 15.4. The van der Waals surface area contributed by atoms with E-state index in [1.54, 1.807) is 55.5 Å². The Hall–Kier alpha value is -3.59. The van der Waals surface area contributed by atoms with Crippen molar-refractivity contribution < 1.29 is 22.0 Å². The molecule has 31 heavy (non-hydrogen) atoms. The number of anilines is 1. The van der Waals surface area contributed by atoms with Crippen LogP contribution in [0.25, 0.3) is 5.70 Å². The highest BCUT2D eigenvalue weighted by molar-refractivity contribution is 7.92. The average molecular weight is 441 g/mol. The van der Waals surface area contributed by atoms with Crippen molar-refractivity contribution in [3.63, 3.8) is 0 Å². The van der Waals surface area contributed by atoms with Crippen LogP contribution < -0.4 is 10.1 Å². The molecule has 1 aliphatic rings. The Kier molecular flexibility index (Phi) is 5.51. The van der Waals surface area contributed by atoms with Crippen molar-refractivity contribution in [2.24, 2.45) is 0 Å². The number of benzene rings is 2. The molecule has 0 saturated carbocycles. The summed E-state index contributed by atoms with van der Waals surface area (Å²) in [6.07, 6.45) is 3.26. The predicted molar refractivity (Wildman–Crippen MR) is 115 cm³/mol. The van der Waals surface area contributed by atoms with Gasteiger partial charge in [-0.05, 0) is 60.5 Å². The van der Waals surface area contributed by atoms with Gasteiger partial charge in [-0.2, -0.15) is 0 Å². The fourth-order valence-electron chi connectivity index (χ4n) is 3.20. The van der Waals surface area contributed by atoms with Gasteiger partial charge in [0.1, 0.15) is 5.82 Å². The third-order valence-electron chi connectivity index (χ3n) is 4.86. The summed E-state index contributed by atoms with van der Waals surface area (Å²) in [5.41, 5.74) is 5.66. The van der Waals surface area contributed by atoms with Crippen LogP contribution in [0.15, 0.2) is 77.4 Å². The van der Waals surface area contributed by atoms with Gasteiger partial charge in [0.15, 0.2) is 5.76 Å². The predicted octanol–water partition coefficient (Wildman–Crippen LogP) is 3.92. The van der Waals surface area contributed by atoms with Crippen LogP contribution in [0, 0.1) is 5.82 Å². The summed E-state index contributed by atoms with van der Waals surface area (Å²) in [6.45, 7) is 1.56. The molecule has 1 atom stereocenters. The van der Waals surface area contributed by atoms with Gasteiger partial charge in [0, 0.05) is 5.69 Å². The molecule has 0 radical (unpaired) electrons. The van der Waals surface area contributed by atoms with Crippen molar-refractivity contribution in [2.45, 2.75) is 13.0 Å². The van der Waals surface area contributed by atoms with Gasteiger partial charge in [-0.1, -0.05) is 24.3 Å². The number of sulfonamides is 1. The van der Waals surface area contributed by atoms with E-state index in [2.05, 4.69) is 10.1 Å². The number of carbonyl (C=O) groups excluding carboxylic acids is 1. The van der Waals surface area contributed by atoms with Crippen molar-refractivity contribution in [2.75, 3.05) is 10.5 Å². The van der Waals surface area contributed by atoms with Crippen molar-refractivity contribution in [1.29, 1.82) is 0 Å². The van der Waals surface area contributed by atoms with Crippen molar-refractivity contribution in [1.82, 2.24) is 10.4 Å². The molecular weight excluding hydrogens is 421 g/mol. The van der Waals surface area contributed by atoms with Gasteiger partial charge in [-0.25, -0.2) is 17.8 Å². The maximum absolute atomic E-state index is 13.4. The summed E-state index contributed by atoms with van der Waals surface area (Å²) < 4.78 is 44.6. The minimum atomic E-state index is -3.37. The summed E-state index contributed by atoms with van der Waals surface area (Å²) in [5, 5.41) is 1.41. The number of nitrogens with zero attached hydrogens (tertiary/aromatic N) is 1. The van der Waals surface area contributed by atoms with Crippen LogP contribution in [-0.4, -0.2) is 25.1 Å². The highest BCUT2D eigenvalue weighted by Gasteiger charge is 2.32. The molecule has 2 heterocycles. The number of rotatable bonds is 6. The van der Waals surface area contributed by atoms with Gasteiger partial charge in [0.2, 0.25) is 10.0 Å². The second-order valence-corrected chi connectivity index (χ2v) is 8.93. The molecule has 2 N–H and O–H groups in total. The fraction of sp³-hybridized carbons (Fsp3) is 0.136. The number of amides is 1. The minimum Gasteiger partial charge on any atom is -0.459 e. The third kappa shape index (κ3) is 4.46. The zero-order chi connectivity index (χ0) is 22.0. The molecule has 0 saturated heterocycles. The lowest BCUT2D eigenvalue weighted by Gasteiger charge is -2.24. The number of nitrogens with one attached hydrogen (secondary N) is 2. The van der Waals surface area contributed by atoms with E-state index < -0.39 is 16.1 Å². The van der Waals surface area contributed by atoms with E-state index in [0.717, 1.165) is 11.1 Å². The largest absolute Gasteiger partial charge is 0.459 e. The van der Waals surface area contributed by atoms with Gasteiger partial charge in [0.05, 0.1) is 23.8 Å². The van der Waals surface area contributed by atoms with Gasteiger partial charge in [0.25, 0.3) is 0 Å². The molecule has 1 amide bonds. The lowest BCUT2D eigenvalue weighted by molar-refractivity contribution is 0.0639. The van der Waals surface area contributed by atoms with Crippen LogP contribution in [0.2, 0.25) is 0 Å². The average Bonchev–Trinajstić information content (AvgIpc) is 3.45. The van der Waals surface area contributed by atoms with E-state index in [0.29, 0.717) is 11.4 Å². The molecule has 1 aromatic heterocycles. The SMILES string of the molecule is CCS(=O)(=O)Nc1ccc(C2=CC(c3ccc(F)cc3)N(C(=O)c3ccco3)N2)cc1. The van der Waals surface area contributed by atoms with Crippen molar-refractivity contribution >= 4 is 27.3 Å². The second-order valence-electron chi connectivity index (χ2n) is 6.92. The first-order chi connectivity index (χ1) is 14.9. The lowest BCUT2D eigenvalue weighted by atomic mass is 10.0. The second kappa shape index (κ2) is 8.27. The molecule has 1 unspecified atom stereocenters. The fourth-order valence-corrected chi connectivity index (χ4v) is 3.84. The zero-order valence-corrected chi connectivity index (χ0v) is 17.4. The maximum atomic E-state index is 13.4. The third-order valence-corrected chi connectivity index (χ3v) is 6.16. The van der Waals surface area contributed by atoms with Gasteiger partial charge < -0.3 is 4.42 Å². The molecular formula is C22H20FN3O4S. The molecule has 3 aromatic rings. The van der Waals surface area contributed by atoms with E-state index in [-0.39, 0.29) is 23.2 Å². The first-order valence-corrected chi connectivity index (χ1v) is 11.2. The molecule has 9 heteroatoms. The lowest BCUT2D eigenvalue weighted by Crippen LogP contribution is -2.39. The number of furan rings is 1. The number of carbonyl (C=O) groups is 1. The van der Waals surface area contributed by atoms with Crippen molar-refractivity contribution in [3.05, 3.63) is 95.7 Å². The zero-order valence-electron chi connectivity index (χ0n) is 16.6. The first kappa shape index (κ1) is 20.7. The Morgan fingerprint density at radius 3 is 2.45 bits per heavy atom. The number of hydrogen-bond donors (Lipinski definition) is 2. The molecule has 0 fully saturated rings.